The van der Waals surface area contributed by atoms with Gasteiger partial charge in [0.25, 0.3) is 0 Å². The smallest absolute Gasteiger partial charge is 0.335 e. The van der Waals surface area contributed by atoms with Gasteiger partial charge in [0.05, 0.1) is 5.56 Å². The van der Waals surface area contributed by atoms with E-state index >= 15 is 0 Å². The van der Waals surface area contributed by atoms with Gasteiger partial charge in [0, 0.05) is 6.07 Å². The van der Waals surface area contributed by atoms with E-state index in [1.165, 1.54) is 18.2 Å². The molecule has 4 heteroatoms. The van der Waals surface area contributed by atoms with E-state index < -0.39 is 17.6 Å². The zero-order valence-corrected chi connectivity index (χ0v) is 10.5. The van der Waals surface area contributed by atoms with Crippen molar-refractivity contribution in [3.05, 3.63) is 58.7 Å². The molecule has 2 aromatic rings. The molecule has 0 aromatic heterocycles. The number of carboxylic acid groups (broad SMARTS) is 1. The molecule has 0 saturated carbocycles. The molecule has 0 aliphatic rings. The van der Waals surface area contributed by atoms with Crippen LogP contribution in [-0.4, -0.2) is 11.1 Å². The molecule has 0 fully saturated rings. The van der Waals surface area contributed by atoms with E-state index in [0.29, 0.717) is 16.7 Å². The zero-order valence-electron chi connectivity index (χ0n) is 10.5. The number of rotatable bonds is 2. The summed E-state index contributed by atoms with van der Waals surface area (Å²) >= 11 is 0. The van der Waals surface area contributed by atoms with E-state index in [-0.39, 0.29) is 5.56 Å². The summed E-state index contributed by atoms with van der Waals surface area (Å²) in [6.07, 6.45) is 0. The van der Waals surface area contributed by atoms with Crippen molar-refractivity contribution in [3.63, 3.8) is 0 Å². The largest absolute Gasteiger partial charge is 0.478 e. The lowest BCUT2D eigenvalue weighted by molar-refractivity contribution is 0.0696. The fraction of sp³-hybridized carbons (Fsp3) is 0.133. The second kappa shape index (κ2) is 4.80. The van der Waals surface area contributed by atoms with E-state index in [0.717, 1.165) is 11.6 Å². The molecule has 0 spiro atoms. The molecule has 0 atom stereocenters. The number of halogens is 2. The quantitative estimate of drug-likeness (QED) is 0.889. The molecular formula is C15H12F2O2. The van der Waals surface area contributed by atoms with Crippen LogP contribution in [0.15, 0.2) is 30.3 Å². The van der Waals surface area contributed by atoms with Crippen molar-refractivity contribution in [1.82, 2.24) is 0 Å². The Kier molecular flexibility index (Phi) is 3.34. The van der Waals surface area contributed by atoms with Crippen LogP contribution in [0, 0.1) is 25.5 Å². The molecule has 2 rings (SSSR count). The molecule has 0 heterocycles. The number of carbonyl (C=O) groups is 1. The van der Waals surface area contributed by atoms with Crippen LogP contribution in [0.2, 0.25) is 0 Å². The van der Waals surface area contributed by atoms with E-state index in [1.807, 2.05) is 0 Å². The number of carboxylic acids is 1. The van der Waals surface area contributed by atoms with Gasteiger partial charge in [-0.25, -0.2) is 13.6 Å². The minimum Gasteiger partial charge on any atom is -0.478 e. The predicted octanol–water partition coefficient (Wildman–Crippen LogP) is 3.95. The van der Waals surface area contributed by atoms with Crippen LogP contribution >= 0.6 is 0 Å². The maximum atomic E-state index is 13.2. The lowest BCUT2D eigenvalue weighted by atomic mass is 9.95. The molecule has 0 saturated heterocycles. The normalized spacial score (nSPS) is 10.5. The number of benzene rings is 2. The lowest BCUT2D eigenvalue weighted by Crippen LogP contribution is -2.01. The summed E-state index contributed by atoms with van der Waals surface area (Å²) in [5.41, 5.74) is 2.36. The third kappa shape index (κ3) is 2.62. The average molecular weight is 262 g/mol. The van der Waals surface area contributed by atoms with Crippen molar-refractivity contribution in [2.75, 3.05) is 0 Å². The highest BCUT2D eigenvalue weighted by Gasteiger charge is 2.13. The van der Waals surface area contributed by atoms with E-state index in [9.17, 15) is 13.6 Å². The predicted molar refractivity (Wildman–Crippen MR) is 68.2 cm³/mol. The first-order valence-electron chi connectivity index (χ1n) is 5.69. The van der Waals surface area contributed by atoms with Crippen LogP contribution in [0.1, 0.15) is 21.5 Å². The Labute approximate surface area is 109 Å². The number of aromatic carboxylic acids is 1. The Morgan fingerprint density at radius 3 is 2.05 bits per heavy atom. The Hall–Kier alpha value is -2.23. The first-order chi connectivity index (χ1) is 8.88. The van der Waals surface area contributed by atoms with Gasteiger partial charge in [-0.1, -0.05) is 6.07 Å². The van der Waals surface area contributed by atoms with E-state index in [2.05, 4.69) is 0 Å². The highest BCUT2D eigenvalue weighted by atomic mass is 19.1. The molecule has 0 aliphatic heterocycles. The molecular weight excluding hydrogens is 250 g/mol. The third-order valence-electron chi connectivity index (χ3n) is 2.98. The van der Waals surface area contributed by atoms with Crippen LogP contribution < -0.4 is 0 Å². The summed E-state index contributed by atoms with van der Waals surface area (Å²) in [6, 6.07) is 6.30. The van der Waals surface area contributed by atoms with Crippen LogP contribution in [0.5, 0.6) is 0 Å². The van der Waals surface area contributed by atoms with Gasteiger partial charge in [-0.2, -0.15) is 0 Å². The van der Waals surface area contributed by atoms with Gasteiger partial charge in [-0.3, -0.25) is 0 Å². The van der Waals surface area contributed by atoms with Gasteiger partial charge in [-0.15, -0.1) is 0 Å². The summed E-state index contributed by atoms with van der Waals surface area (Å²) in [6.45, 7) is 3.46. The summed E-state index contributed by atoms with van der Waals surface area (Å²) in [4.78, 5) is 11.1. The molecule has 1 N–H and O–H groups in total. The number of hydrogen-bond acceptors (Lipinski definition) is 1. The topological polar surface area (TPSA) is 37.3 Å². The molecule has 0 unspecified atom stereocenters. The maximum Gasteiger partial charge on any atom is 0.335 e. The molecule has 0 bridgehead atoms. The molecule has 19 heavy (non-hydrogen) atoms. The van der Waals surface area contributed by atoms with Crippen molar-refractivity contribution in [1.29, 1.82) is 0 Å². The van der Waals surface area contributed by atoms with E-state index in [1.54, 1.807) is 19.9 Å². The first kappa shape index (κ1) is 13.2. The SMILES string of the molecule is Cc1cc(C)c(-c2cc(F)cc(F)c2)cc1C(=O)O. The first-order valence-corrected chi connectivity index (χ1v) is 5.69. The van der Waals surface area contributed by atoms with Crippen molar-refractivity contribution in [2.45, 2.75) is 13.8 Å². The second-order valence-corrected chi connectivity index (χ2v) is 4.45. The molecule has 98 valence electrons. The lowest BCUT2D eigenvalue weighted by Gasteiger charge is -2.10. The molecule has 0 aliphatic carbocycles. The van der Waals surface area contributed by atoms with Gasteiger partial charge >= 0.3 is 5.97 Å². The number of aryl methyl sites for hydroxylation is 2. The van der Waals surface area contributed by atoms with Crippen LogP contribution in [0.25, 0.3) is 11.1 Å². The summed E-state index contributed by atoms with van der Waals surface area (Å²) < 4.78 is 26.5. The fourth-order valence-electron chi connectivity index (χ4n) is 2.10. The van der Waals surface area contributed by atoms with Crippen LogP contribution in [0.3, 0.4) is 0 Å². The Morgan fingerprint density at radius 2 is 1.53 bits per heavy atom. The highest BCUT2D eigenvalue weighted by molar-refractivity contribution is 5.91. The average Bonchev–Trinajstić information content (AvgIpc) is 2.26. The third-order valence-corrected chi connectivity index (χ3v) is 2.98. The fourth-order valence-corrected chi connectivity index (χ4v) is 2.10. The molecule has 0 amide bonds. The highest BCUT2D eigenvalue weighted by Crippen LogP contribution is 2.28. The Morgan fingerprint density at radius 1 is 0.947 bits per heavy atom. The minimum atomic E-state index is -1.06. The summed E-state index contributed by atoms with van der Waals surface area (Å²) in [5, 5.41) is 9.09. The zero-order chi connectivity index (χ0) is 14.2. The standard InChI is InChI=1S/C15H12F2O2/c1-8-3-9(2)14(15(18)19)7-13(8)10-4-11(16)6-12(17)5-10/h3-7H,1-2H3,(H,18,19). The van der Waals surface area contributed by atoms with Crippen molar-refractivity contribution in [3.8, 4) is 11.1 Å². The van der Waals surface area contributed by atoms with Crippen LogP contribution in [-0.2, 0) is 0 Å². The molecule has 2 aromatic carbocycles. The van der Waals surface area contributed by atoms with Gasteiger partial charge in [0.1, 0.15) is 11.6 Å². The van der Waals surface area contributed by atoms with Gasteiger partial charge in [0.2, 0.25) is 0 Å². The van der Waals surface area contributed by atoms with Crippen LogP contribution in [0.4, 0.5) is 8.78 Å². The summed E-state index contributed by atoms with van der Waals surface area (Å²) in [7, 11) is 0. The minimum absolute atomic E-state index is 0.130. The Balaban J connectivity index is 2.67. The Bertz CT molecular complexity index is 643. The summed E-state index contributed by atoms with van der Waals surface area (Å²) in [5.74, 6) is -2.44. The van der Waals surface area contributed by atoms with Crippen molar-refractivity contribution in [2.24, 2.45) is 0 Å². The van der Waals surface area contributed by atoms with E-state index in [4.69, 9.17) is 5.11 Å². The monoisotopic (exact) mass is 262 g/mol. The van der Waals surface area contributed by atoms with Gasteiger partial charge in [-0.05, 0) is 54.3 Å². The van der Waals surface area contributed by atoms with Crippen molar-refractivity contribution >= 4 is 5.97 Å². The van der Waals surface area contributed by atoms with Gasteiger partial charge in [0.15, 0.2) is 0 Å². The molecule has 0 radical (unpaired) electrons. The maximum absolute atomic E-state index is 13.2. The number of hydrogen-bond donors (Lipinski definition) is 1. The second-order valence-electron chi connectivity index (χ2n) is 4.45. The van der Waals surface area contributed by atoms with Crippen molar-refractivity contribution < 1.29 is 18.7 Å². The molecule has 2 nitrogen and oxygen atoms in total. The van der Waals surface area contributed by atoms with Gasteiger partial charge < -0.3 is 5.11 Å².